The Hall–Kier alpha value is -1.39. The molecule has 4 heteroatoms. The lowest BCUT2D eigenvalue weighted by molar-refractivity contribution is 0.603. The van der Waals surface area contributed by atoms with Crippen molar-refractivity contribution in [1.82, 2.24) is 0 Å². The van der Waals surface area contributed by atoms with Crippen molar-refractivity contribution in [3.63, 3.8) is 0 Å². The van der Waals surface area contributed by atoms with Crippen LogP contribution in [-0.4, -0.2) is 6.54 Å². The normalized spacial score (nSPS) is 10.6. The van der Waals surface area contributed by atoms with Gasteiger partial charge in [0.15, 0.2) is 0 Å². The molecule has 0 radical (unpaired) electrons. The molecule has 2 aromatic rings. The molecule has 0 aliphatic carbocycles. The Labute approximate surface area is 109 Å². The van der Waals surface area contributed by atoms with Crippen LogP contribution in [0.5, 0.6) is 0 Å². The smallest absolute Gasteiger partial charge is 0.127 e. The second-order valence-corrected chi connectivity index (χ2v) is 4.93. The Morgan fingerprint density at radius 1 is 1.00 bits per heavy atom. The number of benzene rings is 2. The molecule has 2 rings (SSSR count). The van der Waals surface area contributed by atoms with Crippen molar-refractivity contribution >= 4 is 11.8 Å². The van der Waals surface area contributed by atoms with Crippen molar-refractivity contribution in [2.75, 3.05) is 6.54 Å². The summed E-state index contributed by atoms with van der Waals surface area (Å²) in [5.41, 5.74) is 6.11. The Bertz CT molecular complexity index is 526. The predicted molar refractivity (Wildman–Crippen MR) is 69.7 cm³/mol. The number of hydrogen-bond donors (Lipinski definition) is 1. The molecular formula is C14H13F2NS. The molecule has 0 saturated carbocycles. The van der Waals surface area contributed by atoms with E-state index >= 15 is 0 Å². The first-order valence-corrected chi connectivity index (χ1v) is 6.43. The minimum atomic E-state index is -0.277. The van der Waals surface area contributed by atoms with Crippen LogP contribution >= 0.6 is 11.8 Å². The molecular weight excluding hydrogens is 252 g/mol. The maximum Gasteiger partial charge on any atom is 0.127 e. The largest absolute Gasteiger partial charge is 0.330 e. The van der Waals surface area contributed by atoms with Gasteiger partial charge in [-0.25, -0.2) is 8.78 Å². The molecule has 0 amide bonds. The molecule has 0 bridgehead atoms. The van der Waals surface area contributed by atoms with Gasteiger partial charge in [-0.3, -0.25) is 0 Å². The van der Waals surface area contributed by atoms with E-state index < -0.39 is 0 Å². The second kappa shape index (κ2) is 5.98. The number of nitrogens with two attached hydrogens (primary N) is 1. The topological polar surface area (TPSA) is 26.0 Å². The molecule has 0 aliphatic rings. The van der Waals surface area contributed by atoms with Gasteiger partial charge in [-0.05, 0) is 49.4 Å². The third kappa shape index (κ3) is 3.09. The maximum absolute atomic E-state index is 13.7. The fourth-order valence-corrected chi connectivity index (χ4v) is 2.65. The van der Waals surface area contributed by atoms with Gasteiger partial charge in [-0.15, -0.1) is 0 Å². The third-order valence-electron chi connectivity index (χ3n) is 2.51. The summed E-state index contributed by atoms with van der Waals surface area (Å²) in [6.07, 6.45) is 0.496. The first-order valence-electron chi connectivity index (χ1n) is 5.61. The Morgan fingerprint density at radius 2 is 1.72 bits per heavy atom. The van der Waals surface area contributed by atoms with Crippen LogP contribution in [0, 0.1) is 11.6 Å². The predicted octanol–water partition coefficient (Wildman–Crippen LogP) is 3.62. The van der Waals surface area contributed by atoms with Gasteiger partial charge in [0.05, 0.1) is 0 Å². The van der Waals surface area contributed by atoms with Gasteiger partial charge in [0.2, 0.25) is 0 Å². The monoisotopic (exact) mass is 265 g/mol. The summed E-state index contributed by atoms with van der Waals surface area (Å²) in [4.78, 5) is 1.70. The molecule has 0 fully saturated rings. The zero-order chi connectivity index (χ0) is 13.0. The van der Waals surface area contributed by atoms with Crippen molar-refractivity contribution in [2.24, 2.45) is 5.73 Å². The van der Waals surface area contributed by atoms with Gasteiger partial charge in [0.25, 0.3) is 0 Å². The van der Waals surface area contributed by atoms with E-state index in [9.17, 15) is 8.78 Å². The molecule has 2 N–H and O–H groups in total. The maximum atomic E-state index is 13.7. The summed E-state index contributed by atoms with van der Waals surface area (Å²) in [5, 5.41) is 0. The van der Waals surface area contributed by atoms with Gasteiger partial charge >= 0.3 is 0 Å². The Morgan fingerprint density at radius 3 is 2.39 bits per heavy atom. The fraction of sp³-hybridized carbons (Fsp3) is 0.143. The highest BCUT2D eigenvalue weighted by Crippen LogP contribution is 2.31. The van der Waals surface area contributed by atoms with E-state index in [1.54, 1.807) is 18.2 Å². The minimum Gasteiger partial charge on any atom is -0.330 e. The highest BCUT2D eigenvalue weighted by atomic mass is 32.2. The molecule has 18 heavy (non-hydrogen) atoms. The van der Waals surface area contributed by atoms with Gasteiger partial charge in [0.1, 0.15) is 11.6 Å². The van der Waals surface area contributed by atoms with Crippen molar-refractivity contribution in [3.8, 4) is 0 Å². The molecule has 0 unspecified atom stereocenters. The minimum absolute atomic E-state index is 0.243. The SMILES string of the molecule is NCCc1c(F)cccc1Sc1ccc(F)cc1. The zero-order valence-electron chi connectivity index (χ0n) is 9.70. The lowest BCUT2D eigenvalue weighted by atomic mass is 10.1. The van der Waals surface area contributed by atoms with Crippen molar-refractivity contribution in [3.05, 3.63) is 59.7 Å². The molecule has 0 heterocycles. The average Bonchev–Trinajstić information content (AvgIpc) is 2.36. The molecule has 1 nitrogen and oxygen atoms in total. The Kier molecular flexibility index (Phi) is 4.33. The van der Waals surface area contributed by atoms with Gasteiger partial charge in [0, 0.05) is 15.4 Å². The van der Waals surface area contributed by atoms with Crippen LogP contribution in [-0.2, 0) is 6.42 Å². The molecule has 0 aliphatic heterocycles. The van der Waals surface area contributed by atoms with E-state index in [0.717, 1.165) is 9.79 Å². The van der Waals surface area contributed by atoms with E-state index in [1.807, 2.05) is 6.07 Å². The van der Waals surface area contributed by atoms with Crippen LogP contribution < -0.4 is 5.73 Å². The second-order valence-electron chi connectivity index (χ2n) is 3.81. The molecule has 0 spiro atoms. The summed E-state index contributed by atoms with van der Waals surface area (Å²) in [6, 6.07) is 11.1. The van der Waals surface area contributed by atoms with Crippen LogP contribution in [0.15, 0.2) is 52.3 Å². The average molecular weight is 265 g/mol. The fourth-order valence-electron chi connectivity index (χ4n) is 1.65. The van der Waals surface area contributed by atoms with Gasteiger partial charge in [-0.1, -0.05) is 17.8 Å². The number of rotatable bonds is 4. The van der Waals surface area contributed by atoms with E-state index in [1.165, 1.54) is 30.0 Å². The quantitative estimate of drug-likeness (QED) is 0.913. The van der Waals surface area contributed by atoms with Crippen LogP contribution in [0.4, 0.5) is 8.78 Å². The summed E-state index contributed by atoms with van der Waals surface area (Å²) in [5.74, 6) is -0.520. The summed E-state index contributed by atoms with van der Waals surface area (Å²) in [6.45, 7) is 0.401. The molecule has 0 aromatic heterocycles. The molecule has 94 valence electrons. The standard InChI is InChI=1S/C14H13F2NS/c15-10-4-6-11(7-5-10)18-14-3-1-2-13(16)12(14)8-9-17/h1-7H,8-9,17H2. The van der Waals surface area contributed by atoms with Crippen LogP contribution in [0.25, 0.3) is 0 Å². The highest BCUT2D eigenvalue weighted by molar-refractivity contribution is 7.99. The Balaban J connectivity index is 2.28. The first-order chi connectivity index (χ1) is 8.70. The van der Waals surface area contributed by atoms with E-state index in [4.69, 9.17) is 5.73 Å². The summed E-state index contributed by atoms with van der Waals surface area (Å²) >= 11 is 1.41. The summed E-state index contributed by atoms with van der Waals surface area (Å²) < 4.78 is 26.5. The van der Waals surface area contributed by atoms with Crippen LogP contribution in [0.3, 0.4) is 0 Å². The third-order valence-corrected chi connectivity index (χ3v) is 3.62. The molecule has 0 atom stereocenters. The van der Waals surface area contributed by atoms with E-state index in [-0.39, 0.29) is 11.6 Å². The van der Waals surface area contributed by atoms with Crippen molar-refractivity contribution < 1.29 is 8.78 Å². The van der Waals surface area contributed by atoms with Crippen LogP contribution in [0.1, 0.15) is 5.56 Å². The lowest BCUT2D eigenvalue weighted by Gasteiger charge is -2.09. The first kappa shape index (κ1) is 13.1. The zero-order valence-corrected chi connectivity index (χ0v) is 10.5. The van der Waals surface area contributed by atoms with Crippen molar-refractivity contribution in [1.29, 1.82) is 0 Å². The number of halogens is 2. The molecule has 0 saturated heterocycles. The van der Waals surface area contributed by atoms with E-state index in [0.29, 0.717) is 18.5 Å². The van der Waals surface area contributed by atoms with Gasteiger partial charge < -0.3 is 5.73 Å². The molecule has 2 aromatic carbocycles. The summed E-state index contributed by atoms with van der Waals surface area (Å²) in [7, 11) is 0. The van der Waals surface area contributed by atoms with E-state index in [2.05, 4.69) is 0 Å². The highest BCUT2D eigenvalue weighted by Gasteiger charge is 2.09. The number of hydrogen-bond acceptors (Lipinski definition) is 2. The van der Waals surface area contributed by atoms with Crippen LogP contribution in [0.2, 0.25) is 0 Å². The lowest BCUT2D eigenvalue weighted by Crippen LogP contribution is -2.05. The van der Waals surface area contributed by atoms with Crippen molar-refractivity contribution in [2.45, 2.75) is 16.2 Å². The van der Waals surface area contributed by atoms with Gasteiger partial charge in [-0.2, -0.15) is 0 Å².